The van der Waals surface area contributed by atoms with Gasteiger partial charge in [-0.05, 0) is 54.3 Å². The SMILES string of the molecule is COc1ccc(CC(N)c2ccc(F)cc2C)cc1F. The van der Waals surface area contributed by atoms with Crippen LogP contribution in [0.1, 0.15) is 22.7 Å². The third-order valence-electron chi connectivity index (χ3n) is 3.30. The Kier molecular flexibility index (Phi) is 4.35. The number of hydrogen-bond donors (Lipinski definition) is 1. The Balaban J connectivity index is 2.18. The maximum Gasteiger partial charge on any atom is 0.165 e. The van der Waals surface area contributed by atoms with Gasteiger partial charge in [0.15, 0.2) is 11.6 Å². The zero-order chi connectivity index (χ0) is 14.7. The van der Waals surface area contributed by atoms with E-state index in [1.165, 1.54) is 25.3 Å². The largest absolute Gasteiger partial charge is 0.494 e. The quantitative estimate of drug-likeness (QED) is 0.928. The summed E-state index contributed by atoms with van der Waals surface area (Å²) in [6.45, 7) is 1.81. The summed E-state index contributed by atoms with van der Waals surface area (Å²) in [4.78, 5) is 0. The highest BCUT2D eigenvalue weighted by Crippen LogP contribution is 2.23. The first-order chi connectivity index (χ1) is 9.51. The van der Waals surface area contributed by atoms with E-state index < -0.39 is 5.82 Å². The fourth-order valence-corrected chi connectivity index (χ4v) is 2.26. The molecule has 1 atom stereocenters. The lowest BCUT2D eigenvalue weighted by molar-refractivity contribution is 0.386. The van der Waals surface area contributed by atoms with Crippen LogP contribution in [-0.4, -0.2) is 7.11 Å². The molecule has 0 radical (unpaired) electrons. The van der Waals surface area contributed by atoms with Gasteiger partial charge in [-0.15, -0.1) is 0 Å². The molecule has 2 N–H and O–H groups in total. The Bertz CT molecular complexity index is 613. The molecule has 2 rings (SSSR count). The van der Waals surface area contributed by atoms with Crippen molar-refractivity contribution in [1.29, 1.82) is 0 Å². The van der Waals surface area contributed by atoms with Crippen molar-refractivity contribution in [2.24, 2.45) is 5.73 Å². The summed E-state index contributed by atoms with van der Waals surface area (Å²) in [6.07, 6.45) is 0.480. The minimum absolute atomic E-state index is 0.209. The van der Waals surface area contributed by atoms with Crippen LogP contribution in [0.25, 0.3) is 0 Å². The summed E-state index contributed by atoms with van der Waals surface area (Å²) in [5, 5.41) is 0. The molecule has 0 bridgehead atoms. The van der Waals surface area contributed by atoms with Crippen LogP contribution in [0.2, 0.25) is 0 Å². The van der Waals surface area contributed by atoms with Crippen LogP contribution in [0.4, 0.5) is 8.78 Å². The molecule has 0 aromatic heterocycles. The summed E-state index contributed by atoms with van der Waals surface area (Å²) in [7, 11) is 1.42. The van der Waals surface area contributed by atoms with Gasteiger partial charge in [0.05, 0.1) is 7.11 Å². The van der Waals surface area contributed by atoms with Crippen LogP contribution in [0, 0.1) is 18.6 Å². The molecule has 0 aliphatic carbocycles. The highest BCUT2D eigenvalue weighted by molar-refractivity contribution is 5.33. The van der Waals surface area contributed by atoms with Gasteiger partial charge in [-0.25, -0.2) is 8.78 Å². The van der Waals surface area contributed by atoms with Gasteiger partial charge in [0.2, 0.25) is 0 Å². The molecule has 2 aromatic rings. The topological polar surface area (TPSA) is 35.2 Å². The molecule has 0 aliphatic rings. The number of benzene rings is 2. The van der Waals surface area contributed by atoms with Crippen molar-refractivity contribution in [3.63, 3.8) is 0 Å². The fraction of sp³-hybridized carbons (Fsp3) is 0.250. The monoisotopic (exact) mass is 277 g/mol. The summed E-state index contributed by atoms with van der Waals surface area (Å²) >= 11 is 0. The van der Waals surface area contributed by atoms with Crippen LogP contribution in [0.15, 0.2) is 36.4 Å². The average molecular weight is 277 g/mol. The summed E-state index contributed by atoms with van der Waals surface area (Å²) in [6, 6.07) is 8.98. The van der Waals surface area contributed by atoms with Crippen LogP contribution in [-0.2, 0) is 6.42 Å². The standard InChI is InChI=1S/C16H17F2NO/c1-10-7-12(17)4-5-13(10)15(19)9-11-3-6-16(20-2)14(18)8-11/h3-8,15H,9,19H2,1-2H3. The van der Waals surface area contributed by atoms with E-state index in [0.29, 0.717) is 6.42 Å². The molecule has 106 valence electrons. The van der Waals surface area contributed by atoms with Crippen LogP contribution in [0.3, 0.4) is 0 Å². The highest BCUT2D eigenvalue weighted by atomic mass is 19.1. The first-order valence-corrected chi connectivity index (χ1v) is 6.35. The van der Waals surface area contributed by atoms with Crippen molar-refractivity contribution in [3.8, 4) is 5.75 Å². The van der Waals surface area contributed by atoms with Crippen molar-refractivity contribution in [2.45, 2.75) is 19.4 Å². The van der Waals surface area contributed by atoms with E-state index in [0.717, 1.165) is 16.7 Å². The van der Waals surface area contributed by atoms with Gasteiger partial charge in [-0.1, -0.05) is 12.1 Å². The van der Waals surface area contributed by atoms with Crippen LogP contribution >= 0.6 is 0 Å². The second-order valence-corrected chi connectivity index (χ2v) is 4.78. The first-order valence-electron chi connectivity index (χ1n) is 6.35. The Morgan fingerprint density at radius 3 is 2.50 bits per heavy atom. The van der Waals surface area contributed by atoms with Crippen molar-refractivity contribution in [1.82, 2.24) is 0 Å². The van der Waals surface area contributed by atoms with Gasteiger partial charge in [0.25, 0.3) is 0 Å². The van der Waals surface area contributed by atoms with Crippen molar-refractivity contribution in [3.05, 3.63) is 64.7 Å². The molecule has 2 nitrogen and oxygen atoms in total. The maximum atomic E-state index is 13.6. The molecule has 4 heteroatoms. The highest BCUT2D eigenvalue weighted by Gasteiger charge is 2.12. The second-order valence-electron chi connectivity index (χ2n) is 4.78. The predicted octanol–water partition coefficient (Wildman–Crippen LogP) is 3.52. The summed E-state index contributed by atoms with van der Waals surface area (Å²) in [5.74, 6) is -0.484. The Morgan fingerprint density at radius 1 is 1.15 bits per heavy atom. The Morgan fingerprint density at radius 2 is 1.90 bits per heavy atom. The van der Waals surface area contributed by atoms with Gasteiger partial charge in [0.1, 0.15) is 5.82 Å². The Labute approximate surface area is 117 Å². The van der Waals surface area contributed by atoms with Crippen molar-refractivity contribution in [2.75, 3.05) is 7.11 Å². The van der Waals surface area contributed by atoms with E-state index in [2.05, 4.69) is 0 Å². The number of hydrogen-bond acceptors (Lipinski definition) is 2. The zero-order valence-electron chi connectivity index (χ0n) is 11.5. The second kappa shape index (κ2) is 6.01. The van der Waals surface area contributed by atoms with Gasteiger partial charge in [-0.3, -0.25) is 0 Å². The number of nitrogens with two attached hydrogens (primary N) is 1. The fourth-order valence-electron chi connectivity index (χ4n) is 2.26. The van der Waals surface area contributed by atoms with Crippen molar-refractivity contribution < 1.29 is 13.5 Å². The van der Waals surface area contributed by atoms with Gasteiger partial charge in [0, 0.05) is 6.04 Å². The van der Waals surface area contributed by atoms with E-state index in [1.807, 2.05) is 6.92 Å². The maximum absolute atomic E-state index is 13.6. The molecule has 0 saturated carbocycles. The molecule has 0 aliphatic heterocycles. The summed E-state index contributed by atoms with van der Waals surface area (Å²) < 4.78 is 31.6. The average Bonchev–Trinajstić information content (AvgIpc) is 2.38. The predicted molar refractivity (Wildman–Crippen MR) is 74.7 cm³/mol. The number of halogens is 2. The zero-order valence-corrected chi connectivity index (χ0v) is 11.5. The Hall–Kier alpha value is -1.94. The van der Waals surface area contributed by atoms with Gasteiger partial charge in [-0.2, -0.15) is 0 Å². The molecule has 0 fully saturated rings. The lowest BCUT2D eigenvalue weighted by atomic mass is 9.96. The molecule has 2 aromatic carbocycles. The first kappa shape index (κ1) is 14.5. The third-order valence-corrected chi connectivity index (χ3v) is 3.30. The lowest BCUT2D eigenvalue weighted by Gasteiger charge is -2.15. The number of rotatable bonds is 4. The van der Waals surface area contributed by atoms with Gasteiger partial charge >= 0.3 is 0 Å². The van der Waals surface area contributed by atoms with Crippen LogP contribution < -0.4 is 10.5 Å². The number of methoxy groups -OCH3 is 1. The smallest absolute Gasteiger partial charge is 0.165 e. The van der Waals surface area contributed by atoms with Crippen LogP contribution in [0.5, 0.6) is 5.75 Å². The molecule has 1 unspecified atom stereocenters. The molecule has 0 amide bonds. The number of aryl methyl sites for hydroxylation is 1. The molecule has 0 spiro atoms. The molecule has 0 heterocycles. The third kappa shape index (κ3) is 3.14. The van der Waals surface area contributed by atoms with E-state index in [1.54, 1.807) is 18.2 Å². The van der Waals surface area contributed by atoms with Gasteiger partial charge < -0.3 is 10.5 Å². The summed E-state index contributed by atoms with van der Waals surface area (Å²) in [5.41, 5.74) is 8.56. The van der Waals surface area contributed by atoms with E-state index in [4.69, 9.17) is 10.5 Å². The lowest BCUT2D eigenvalue weighted by Crippen LogP contribution is -2.15. The van der Waals surface area contributed by atoms with Crippen molar-refractivity contribution >= 4 is 0 Å². The normalized spacial score (nSPS) is 12.2. The minimum Gasteiger partial charge on any atom is -0.494 e. The molecule has 0 saturated heterocycles. The molecule has 20 heavy (non-hydrogen) atoms. The van der Waals surface area contributed by atoms with E-state index in [-0.39, 0.29) is 17.6 Å². The number of ether oxygens (including phenoxy) is 1. The van der Waals surface area contributed by atoms with E-state index >= 15 is 0 Å². The minimum atomic E-state index is -0.409. The molecular formula is C16H17F2NO. The molecular weight excluding hydrogens is 260 g/mol. The van der Waals surface area contributed by atoms with E-state index in [9.17, 15) is 8.78 Å².